The van der Waals surface area contributed by atoms with Gasteiger partial charge in [0.25, 0.3) is 0 Å². The third kappa shape index (κ3) is 4.09. The molecule has 6 heteroatoms. The number of ether oxygens (including phenoxy) is 1. The molecule has 0 fully saturated rings. The third-order valence-electron chi connectivity index (χ3n) is 1.84. The highest BCUT2D eigenvalue weighted by molar-refractivity contribution is 5.95. The van der Waals surface area contributed by atoms with Gasteiger partial charge in [0.15, 0.2) is 0 Å². The Morgan fingerprint density at radius 1 is 1.87 bits per heavy atom. The van der Waals surface area contributed by atoms with Gasteiger partial charge in [0.05, 0.1) is 13.2 Å². The predicted molar refractivity (Wildman–Crippen MR) is 53.8 cm³/mol. The second kappa shape index (κ2) is 6.15. The van der Waals surface area contributed by atoms with Gasteiger partial charge in [-0.1, -0.05) is 5.16 Å². The van der Waals surface area contributed by atoms with E-state index < -0.39 is 12.0 Å². The molecule has 0 aromatic rings. The molecule has 2 N–H and O–H groups in total. The van der Waals surface area contributed by atoms with Crippen LogP contribution in [0.1, 0.15) is 0 Å². The molecule has 1 heterocycles. The van der Waals surface area contributed by atoms with Crippen LogP contribution in [0.25, 0.3) is 0 Å². The molecule has 0 unspecified atom stereocenters. The van der Waals surface area contributed by atoms with E-state index in [1.54, 1.807) is 13.1 Å². The van der Waals surface area contributed by atoms with Crippen molar-refractivity contribution in [3.63, 3.8) is 0 Å². The van der Waals surface area contributed by atoms with Crippen molar-refractivity contribution in [1.29, 1.82) is 0 Å². The molecule has 1 rings (SSSR count). The van der Waals surface area contributed by atoms with Crippen LogP contribution in [-0.4, -0.2) is 49.7 Å². The highest BCUT2D eigenvalue weighted by Gasteiger charge is 2.14. The number of hydrogen-bond donors (Lipinski definition) is 2. The Morgan fingerprint density at radius 3 is 3.20 bits per heavy atom. The standard InChI is InChI=1S/C9H14N2O4/c1-10-8(9(12)13)6-14-5-7-3-2-4-15-11-7/h2-3,8,10H,4-6H2,1H3,(H,12,13)/t8-/m0/s1. The Labute approximate surface area is 87.5 Å². The van der Waals surface area contributed by atoms with Crippen molar-refractivity contribution >= 4 is 11.7 Å². The highest BCUT2D eigenvalue weighted by Crippen LogP contribution is 1.95. The molecule has 0 radical (unpaired) electrons. The third-order valence-corrected chi connectivity index (χ3v) is 1.84. The fourth-order valence-electron chi connectivity index (χ4n) is 1.01. The number of rotatable bonds is 6. The van der Waals surface area contributed by atoms with Crippen LogP contribution in [0.5, 0.6) is 0 Å². The van der Waals surface area contributed by atoms with E-state index in [2.05, 4.69) is 10.5 Å². The Morgan fingerprint density at radius 2 is 2.67 bits per heavy atom. The average Bonchev–Trinajstić information content (AvgIpc) is 2.25. The molecular formula is C9H14N2O4. The first-order chi connectivity index (χ1) is 7.24. The number of nitrogens with one attached hydrogen (secondary N) is 1. The van der Waals surface area contributed by atoms with Gasteiger partial charge in [-0.05, 0) is 19.2 Å². The molecule has 0 aromatic heterocycles. The number of oxime groups is 1. The molecule has 0 aliphatic carbocycles. The van der Waals surface area contributed by atoms with Gasteiger partial charge in [0, 0.05) is 0 Å². The molecule has 6 nitrogen and oxygen atoms in total. The quantitative estimate of drug-likeness (QED) is 0.630. The SMILES string of the molecule is CN[C@@H](COCC1=NOCC=C1)C(=O)O. The van der Waals surface area contributed by atoms with Crippen LogP contribution in [0.3, 0.4) is 0 Å². The Hall–Kier alpha value is -1.40. The summed E-state index contributed by atoms with van der Waals surface area (Å²) in [6.45, 7) is 0.818. The zero-order valence-corrected chi connectivity index (χ0v) is 8.47. The smallest absolute Gasteiger partial charge is 0.323 e. The van der Waals surface area contributed by atoms with E-state index in [9.17, 15) is 4.79 Å². The first-order valence-corrected chi connectivity index (χ1v) is 4.57. The van der Waals surface area contributed by atoms with E-state index in [-0.39, 0.29) is 13.2 Å². The molecule has 1 aliphatic heterocycles. The van der Waals surface area contributed by atoms with Crippen LogP contribution < -0.4 is 5.32 Å². The van der Waals surface area contributed by atoms with Crippen molar-refractivity contribution in [3.8, 4) is 0 Å². The summed E-state index contributed by atoms with van der Waals surface area (Å²) in [6, 6.07) is -0.695. The van der Waals surface area contributed by atoms with Crippen LogP contribution in [-0.2, 0) is 14.4 Å². The molecule has 84 valence electrons. The minimum Gasteiger partial charge on any atom is -0.480 e. The Kier molecular flexibility index (Phi) is 4.79. The van der Waals surface area contributed by atoms with Gasteiger partial charge in [-0.3, -0.25) is 4.79 Å². The van der Waals surface area contributed by atoms with E-state index in [1.165, 1.54) is 0 Å². The zero-order chi connectivity index (χ0) is 11.1. The second-order valence-electron chi connectivity index (χ2n) is 2.98. The first-order valence-electron chi connectivity index (χ1n) is 4.57. The van der Waals surface area contributed by atoms with Gasteiger partial charge in [0.1, 0.15) is 18.4 Å². The Balaban J connectivity index is 2.23. The molecule has 1 atom stereocenters. The summed E-state index contributed by atoms with van der Waals surface area (Å²) in [4.78, 5) is 15.4. The van der Waals surface area contributed by atoms with Crippen LogP contribution in [0.15, 0.2) is 17.3 Å². The number of hydrogen-bond acceptors (Lipinski definition) is 5. The predicted octanol–water partition coefficient (Wildman–Crippen LogP) is -0.382. The van der Waals surface area contributed by atoms with Gasteiger partial charge in [-0.2, -0.15) is 0 Å². The molecular weight excluding hydrogens is 200 g/mol. The Bertz CT molecular complexity index is 275. The maximum atomic E-state index is 10.6. The molecule has 0 saturated carbocycles. The van der Waals surface area contributed by atoms with E-state index in [0.717, 1.165) is 0 Å². The molecule has 0 spiro atoms. The van der Waals surface area contributed by atoms with Crippen molar-refractivity contribution < 1.29 is 19.5 Å². The molecule has 0 amide bonds. The van der Waals surface area contributed by atoms with Crippen molar-refractivity contribution in [2.24, 2.45) is 5.16 Å². The number of likely N-dealkylation sites (N-methyl/N-ethyl adjacent to an activating group) is 1. The maximum Gasteiger partial charge on any atom is 0.323 e. The van der Waals surface area contributed by atoms with Gasteiger partial charge >= 0.3 is 5.97 Å². The molecule has 0 saturated heterocycles. The molecule has 0 bridgehead atoms. The number of carbonyl (C=O) groups is 1. The molecule has 15 heavy (non-hydrogen) atoms. The number of aliphatic carboxylic acids is 1. The van der Waals surface area contributed by atoms with Crippen LogP contribution in [0, 0.1) is 0 Å². The number of carboxylic acid groups (broad SMARTS) is 1. The van der Waals surface area contributed by atoms with Gasteiger partial charge in [0.2, 0.25) is 0 Å². The fraction of sp³-hybridized carbons (Fsp3) is 0.556. The topological polar surface area (TPSA) is 80.1 Å². The first kappa shape index (κ1) is 11.7. The maximum absolute atomic E-state index is 10.6. The van der Waals surface area contributed by atoms with Crippen LogP contribution in [0.4, 0.5) is 0 Å². The summed E-state index contributed by atoms with van der Waals surface area (Å²) >= 11 is 0. The number of nitrogens with zero attached hydrogens (tertiary/aromatic N) is 1. The summed E-state index contributed by atoms with van der Waals surface area (Å²) in [5.74, 6) is -0.935. The lowest BCUT2D eigenvalue weighted by Crippen LogP contribution is -2.38. The van der Waals surface area contributed by atoms with E-state index in [0.29, 0.717) is 12.3 Å². The van der Waals surface area contributed by atoms with E-state index in [4.69, 9.17) is 14.7 Å². The van der Waals surface area contributed by atoms with Gasteiger partial charge in [-0.15, -0.1) is 0 Å². The summed E-state index contributed by atoms with van der Waals surface area (Å²) < 4.78 is 5.18. The molecule has 0 aromatic carbocycles. The highest BCUT2D eigenvalue weighted by atomic mass is 16.6. The van der Waals surface area contributed by atoms with Gasteiger partial charge in [-0.25, -0.2) is 0 Å². The summed E-state index contributed by atoms with van der Waals surface area (Å²) in [5, 5.41) is 15.1. The largest absolute Gasteiger partial charge is 0.480 e. The lowest BCUT2D eigenvalue weighted by atomic mass is 10.3. The lowest BCUT2D eigenvalue weighted by molar-refractivity contribution is -0.140. The summed E-state index contributed by atoms with van der Waals surface area (Å²) in [7, 11) is 1.57. The van der Waals surface area contributed by atoms with Crippen molar-refractivity contribution in [2.75, 3.05) is 26.9 Å². The second-order valence-corrected chi connectivity index (χ2v) is 2.98. The minimum atomic E-state index is -0.935. The van der Waals surface area contributed by atoms with E-state index in [1.807, 2.05) is 6.08 Å². The molecule has 1 aliphatic rings. The van der Waals surface area contributed by atoms with Crippen LogP contribution in [0.2, 0.25) is 0 Å². The van der Waals surface area contributed by atoms with Gasteiger partial charge < -0.3 is 20.0 Å². The van der Waals surface area contributed by atoms with Crippen molar-refractivity contribution in [1.82, 2.24) is 5.32 Å². The summed E-state index contributed by atoms with van der Waals surface area (Å²) in [5.41, 5.74) is 0.654. The van der Waals surface area contributed by atoms with E-state index >= 15 is 0 Å². The minimum absolute atomic E-state index is 0.0959. The van der Waals surface area contributed by atoms with Crippen molar-refractivity contribution in [3.05, 3.63) is 12.2 Å². The zero-order valence-electron chi connectivity index (χ0n) is 8.47. The number of carboxylic acids is 1. The monoisotopic (exact) mass is 214 g/mol. The normalized spacial score (nSPS) is 16.7. The average molecular weight is 214 g/mol. The lowest BCUT2D eigenvalue weighted by Gasteiger charge is -2.12. The summed E-state index contributed by atoms with van der Waals surface area (Å²) in [6.07, 6.45) is 3.61. The van der Waals surface area contributed by atoms with Crippen molar-refractivity contribution in [2.45, 2.75) is 6.04 Å². The fourth-order valence-corrected chi connectivity index (χ4v) is 1.01. The van der Waals surface area contributed by atoms with Crippen LogP contribution >= 0.6 is 0 Å².